The van der Waals surface area contributed by atoms with E-state index < -0.39 is 0 Å². The fourth-order valence-corrected chi connectivity index (χ4v) is 2.57. The van der Waals surface area contributed by atoms with Gasteiger partial charge >= 0.3 is 0 Å². The average molecular weight is 244 g/mol. The third-order valence-electron chi connectivity index (χ3n) is 3.51. The first kappa shape index (κ1) is 13.2. The van der Waals surface area contributed by atoms with E-state index in [1.54, 1.807) is 0 Å². The molecule has 0 fully saturated rings. The largest absolute Gasteiger partial charge is 0.367 e. The molecule has 98 valence electrons. The second-order valence-corrected chi connectivity index (χ2v) is 5.19. The molecule has 1 aliphatic heterocycles. The number of hydrogen-bond donors (Lipinski definition) is 1. The summed E-state index contributed by atoms with van der Waals surface area (Å²) in [6.45, 7) is 9.70. The topological polar surface area (TPSA) is 15.3 Å². The van der Waals surface area contributed by atoms with Crippen LogP contribution < -0.4 is 10.2 Å². The van der Waals surface area contributed by atoms with Gasteiger partial charge in [-0.1, -0.05) is 36.8 Å². The van der Waals surface area contributed by atoms with E-state index in [1.807, 2.05) is 0 Å². The monoisotopic (exact) mass is 244 g/mol. The maximum atomic E-state index is 3.58. The first-order chi connectivity index (χ1) is 8.72. The van der Waals surface area contributed by atoms with Gasteiger partial charge in [-0.15, -0.1) is 0 Å². The lowest BCUT2D eigenvalue weighted by molar-refractivity contribution is 0.495. The molecule has 0 amide bonds. The Morgan fingerprint density at radius 1 is 1.39 bits per heavy atom. The Morgan fingerprint density at radius 3 is 2.89 bits per heavy atom. The van der Waals surface area contributed by atoms with Gasteiger partial charge in [0.15, 0.2) is 0 Å². The summed E-state index contributed by atoms with van der Waals surface area (Å²) in [4.78, 5) is 2.48. The maximum absolute atomic E-state index is 3.58. The van der Waals surface area contributed by atoms with Gasteiger partial charge in [-0.2, -0.15) is 0 Å². The molecule has 0 saturated carbocycles. The summed E-state index contributed by atoms with van der Waals surface area (Å²) in [6.07, 6.45) is 3.51. The maximum Gasteiger partial charge on any atom is 0.0417 e. The van der Waals surface area contributed by atoms with Gasteiger partial charge in [-0.3, -0.25) is 0 Å². The van der Waals surface area contributed by atoms with Crippen molar-refractivity contribution in [1.29, 1.82) is 0 Å². The van der Waals surface area contributed by atoms with Crippen LogP contribution in [0.15, 0.2) is 35.9 Å². The number of hydrogen-bond acceptors (Lipinski definition) is 2. The number of anilines is 1. The molecule has 1 aromatic rings. The second kappa shape index (κ2) is 6.05. The predicted octanol–water partition coefficient (Wildman–Crippen LogP) is 3.51. The first-order valence-corrected chi connectivity index (χ1v) is 6.93. The average Bonchev–Trinajstić information content (AvgIpc) is 2.38. The molecule has 1 aliphatic rings. The minimum atomic E-state index is 0.522. The molecule has 18 heavy (non-hydrogen) atoms. The number of nitrogens with zero attached hydrogens (tertiary/aromatic N) is 1. The van der Waals surface area contributed by atoms with Crippen molar-refractivity contribution in [3.63, 3.8) is 0 Å². The number of fused-ring (bicyclic) bond motifs is 1. The Kier molecular flexibility index (Phi) is 4.43. The van der Waals surface area contributed by atoms with E-state index in [-0.39, 0.29) is 0 Å². The Morgan fingerprint density at radius 2 is 2.17 bits per heavy atom. The molecule has 1 atom stereocenters. The number of rotatable bonds is 4. The summed E-state index contributed by atoms with van der Waals surface area (Å²) in [6, 6.07) is 9.32. The van der Waals surface area contributed by atoms with Crippen molar-refractivity contribution in [3.8, 4) is 0 Å². The summed E-state index contributed by atoms with van der Waals surface area (Å²) in [5.74, 6) is 0. The van der Waals surface area contributed by atoms with Gasteiger partial charge in [0.25, 0.3) is 0 Å². The van der Waals surface area contributed by atoms with Gasteiger partial charge in [0.05, 0.1) is 0 Å². The van der Waals surface area contributed by atoms with Gasteiger partial charge in [-0.25, -0.2) is 0 Å². The van der Waals surface area contributed by atoms with Gasteiger partial charge in [-0.05, 0) is 38.4 Å². The van der Waals surface area contributed by atoms with Crippen LogP contribution in [0.4, 0.5) is 5.69 Å². The van der Waals surface area contributed by atoms with E-state index in [1.165, 1.54) is 23.2 Å². The number of benzene rings is 1. The highest BCUT2D eigenvalue weighted by molar-refractivity contribution is 5.57. The summed E-state index contributed by atoms with van der Waals surface area (Å²) in [5.41, 5.74) is 4.24. The summed E-state index contributed by atoms with van der Waals surface area (Å²) < 4.78 is 0. The molecule has 0 aliphatic carbocycles. The third-order valence-corrected chi connectivity index (χ3v) is 3.51. The van der Waals surface area contributed by atoms with Gasteiger partial charge in [0, 0.05) is 24.8 Å². The van der Waals surface area contributed by atoms with Crippen molar-refractivity contribution in [2.45, 2.75) is 33.2 Å². The Bertz CT molecular complexity index is 419. The summed E-state index contributed by atoms with van der Waals surface area (Å²) in [5, 5.41) is 3.58. The molecule has 1 unspecified atom stereocenters. The fraction of sp³-hybridized carbons (Fsp3) is 0.500. The van der Waals surface area contributed by atoms with Gasteiger partial charge in [0.1, 0.15) is 0 Å². The van der Waals surface area contributed by atoms with Crippen LogP contribution in [0.2, 0.25) is 0 Å². The van der Waals surface area contributed by atoms with Crippen LogP contribution in [0.25, 0.3) is 0 Å². The van der Waals surface area contributed by atoms with Crippen LogP contribution in [-0.4, -0.2) is 19.6 Å². The van der Waals surface area contributed by atoms with Crippen LogP contribution in [0.3, 0.4) is 0 Å². The van der Waals surface area contributed by atoms with Crippen LogP contribution in [0.5, 0.6) is 0 Å². The van der Waals surface area contributed by atoms with Crippen molar-refractivity contribution < 1.29 is 0 Å². The lowest BCUT2D eigenvalue weighted by Gasteiger charge is -2.35. The van der Waals surface area contributed by atoms with Gasteiger partial charge in [0.2, 0.25) is 0 Å². The van der Waals surface area contributed by atoms with Crippen LogP contribution in [0.1, 0.15) is 38.8 Å². The van der Waals surface area contributed by atoms with Crippen molar-refractivity contribution in [2.75, 3.05) is 24.5 Å². The quantitative estimate of drug-likeness (QED) is 0.815. The number of allylic oxidation sites excluding steroid dienone is 1. The van der Waals surface area contributed by atoms with Crippen LogP contribution in [0, 0.1) is 0 Å². The molecule has 0 spiro atoms. The smallest absolute Gasteiger partial charge is 0.0417 e. The van der Waals surface area contributed by atoms with Crippen molar-refractivity contribution >= 4 is 5.69 Å². The van der Waals surface area contributed by atoms with E-state index in [0.29, 0.717) is 6.04 Å². The lowest BCUT2D eigenvalue weighted by Crippen LogP contribution is -2.36. The molecule has 1 N–H and O–H groups in total. The SMILES string of the molecule is CCNC1CCN(CC=C(C)C)c2ccccc21. The van der Waals surface area contributed by atoms with E-state index in [9.17, 15) is 0 Å². The Hall–Kier alpha value is -1.28. The van der Waals surface area contributed by atoms with Gasteiger partial charge < -0.3 is 10.2 Å². The van der Waals surface area contributed by atoms with Crippen LogP contribution in [-0.2, 0) is 0 Å². The molecule has 0 saturated heterocycles. The molecule has 2 nitrogen and oxygen atoms in total. The molecular weight excluding hydrogens is 220 g/mol. The van der Waals surface area contributed by atoms with Crippen LogP contribution >= 0.6 is 0 Å². The zero-order valence-corrected chi connectivity index (χ0v) is 11.7. The molecule has 1 heterocycles. The normalized spacial score (nSPS) is 18.4. The standard InChI is InChI=1S/C16H24N2/c1-4-17-15-10-12-18(11-9-13(2)3)16-8-6-5-7-14(15)16/h5-9,15,17H,4,10-12H2,1-3H3. The highest BCUT2D eigenvalue weighted by Crippen LogP contribution is 2.33. The fourth-order valence-electron chi connectivity index (χ4n) is 2.57. The summed E-state index contributed by atoms with van der Waals surface area (Å²) >= 11 is 0. The second-order valence-electron chi connectivity index (χ2n) is 5.19. The zero-order chi connectivity index (χ0) is 13.0. The number of para-hydroxylation sites is 1. The third kappa shape index (κ3) is 2.94. The van der Waals surface area contributed by atoms with Crippen molar-refractivity contribution in [1.82, 2.24) is 5.32 Å². The summed E-state index contributed by atoms with van der Waals surface area (Å²) in [7, 11) is 0. The minimum Gasteiger partial charge on any atom is -0.367 e. The molecule has 0 bridgehead atoms. The molecule has 0 radical (unpaired) electrons. The van der Waals surface area contributed by atoms with Crippen molar-refractivity contribution in [3.05, 3.63) is 41.5 Å². The molecule has 2 rings (SSSR count). The van der Waals surface area contributed by atoms with E-state index in [4.69, 9.17) is 0 Å². The first-order valence-electron chi connectivity index (χ1n) is 6.93. The zero-order valence-electron chi connectivity index (χ0n) is 11.7. The molecule has 1 aromatic carbocycles. The Labute approximate surface area is 111 Å². The minimum absolute atomic E-state index is 0.522. The highest BCUT2D eigenvalue weighted by atomic mass is 15.1. The number of nitrogens with one attached hydrogen (secondary N) is 1. The molecular formula is C16H24N2. The molecule has 0 aromatic heterocycles. The van der Waals surface area contributed by atoms with E-state index in [0.717, 1.165) is 19.6 Å². The lowest BCUT2D eigenvalue weighted by atomic mass is 9.96. The predicted molar refractivity (Wildman–Crippen MR) is 79.1 cm³/mol. The van der Waals surface area contributed by atoms with E-state index in [2.05, 4.69) is 61.3 Å². The Balaban J connectivity index is 2.22. The highest BCUT2D eigenvalue weighted by Gasteiger charge is 2.23. The van der Waals surface area contributed by atoms with E-state index >= 15 is 0 Å². The molecule has 2 heteroatoms. The van der Waals surface area contributed by atoms with Crippen molar-refractivity contribution in [2.24, 2.45) is 0 Å².